The van der Waals surface area contributed by atoms with E-state index in [1.165, 1.54) is 38.8 Å². The minimum atomic E-state index is 0. The second-order valence-corrected chi connectivity index (χ2v) is 3.47. The van der Waals surface area contributed by atoms with Crippen LogP contribution in [0.5, 0.6) is 0 Å². The molecule has 0 bridgehead atoms. The fraction of sp³-hybridized carbons (Fsp3) is 0.909. The first-order chi connectivity index (χ1) is 5.79. The molecule has 1 saturated carbocycles. The van der Waals surface area contributed by atoms with Gasteiger partial charge in [0.1, 0.15) is 0 Å². The van der Waals surface area contributed by atoms with E-state index in [-0.39, 0.29) is 29.6 Å². The first-order valence-electron chi connectivity index (χ1n) is 5.29. The third-order valence-electron chi connectivity index (χ3n) is 2.08. The molecule has 0 aromatic heterocycles. The Balaban J connectivity index is 0. The Morgan fingerprint density at radius 3 is 1.38 bits per heavy atom. The van der Waals surface area contributed by atoms with Crippen LogP contribution < -0.4 is 29.6 Å². The van der Waals surface area contributed by atoms with Gasteiger partial charge in [-0.1, -0.05) is 13.8 Å². The maximum Gasteiger partial charge on any atom is 1.00 e. The van der Waals surface area contributed by atoms with Gasteiger partial charge in [0, 0.05) is 0 Å². The van der Waals surface area contributed by atoms with Crippen molar-refractivity contribution in [2.45, 2.75) is 46.5 Å². The predicted octanol–water partition coefficient (Wildman–Crippen LogP) is 0.117. The Morgan fingerprint density at radius 2 is 1.31 bits per heavy atom. The Labute approximate surface area is 107 Å². The van der Waals surface area contributed by atoms with Crippen LogP contribution in [-0.4, -0.2) is 25.0 Å². The molecule has 2 heteroatoms. The van der Waals surface area contributed by atoms with Crippen molar-refractivity contribution in [1.82, 2.24) is 4.90 Å². The van der Waals surface area contributed by atoms with E-state index in [1.54, 1.807) is 5.92 Å². The van der Waals surface area contributed by atoms with Crippen LogP contribution in [0.25, 0.3) is 0 Å². The molecular formula is C11H24NNa. The molecule has 1 nitrogen and oxygen atoms in total. The van der Waals surface area contributed by atoms with E-state index < -0.39 is 0 Å². The summed E-state index contributed by atoms with van der Waals surface area (Å²) in [5.74, 6) is 1.67. The van der Waals surface area contributed by atoms with Gasteiger partial charge in [-0.25, -0.2) is 12.8 Å². The number of likely N-dealkylation sites (tertiary alicyclic amines) is 1. The van der Waals surface area contributed by atoms with Gasteiger partial charge in [-0.15, -0.1) is 0 Å². The van der Waals surface area contributed by atoms with Crippen LogP contribution in [0.15, 0.2) is 0 Å². The van der Waals surface area contributed by atoms with Crippen molar-refractivity contribution in [3.05, 3.63) is 5.92 Å². The van der Waals surface area contributed by atoms with Gasteiger partial charge in [0.15, 0.2) is 0 Å². The van der Waals surface area contributed by atoms with Crippen LogP contribution in [-0.2, 0) is 0 Å². The molecule has 0 aromatic carbocycles. The smallest absolute Gasteiger partial charge is 0.321 e. The van der Waals surface area contributed by atoms with Gasteiger partial charge >= 0.3 is 29.6 Å². The summed E-state index contributed by atoms with van der Waals surface area (Å²) >= 11 is 0. The molecule has 1 aliphatic carbocycles. The van der Waals surface area contributed by atoms with Crippen molar-refractivity contribution in [2.75, 3.05) is 20.1 Å². The molecule has 13 heavy (non-hydrogen) atoms. The molecule has 0 N–H and O–H groups in total. The molecule has 1 heterocycles. The summed E-state index contributed by atoms with van der Waals surface area (Å²) in [6.07, 6.45) is 5.63. The zero-order valence-electron chi connectivity index (χ0n) is 10.2. The maximum atomic E-state index is 2.36. The van der Waals surface area contributed by atoms with E-state index in [0.717, 1.165) is 0 Å². The van der Waals surface area contributed by atoms with Crippen molar-refractivity contribution in [2.24, 2.45) is 0 Å². The Morgan fingerprint density at radius 1 is 1.00 bits per heavy atom. The summed E-state index contributed by atoms with van der Waals surface area (Å²) in [6.45, 7) is 8.83. The van der Waals surface area contributed by atoms with Crippen LogP contribution in [0, 0.1) is 5.92 Å². The van der Waals surface area contributed by atoms with Gasteiger partial charge < -0.3 is 10.8 Å². The van der Waals surface area contributed by atoms with Gasteiger partial charge in [-0.3, -0.25) is 0 Å². The SMILES string of the molecule is CC.CN1CCCC1.C[C-]1CC1.[Na+]. The average molecular weight is 193 g/mol. The van der Waals surface area contributed by atoms with Gasteiger partial charge in [-0.05, 0) is 33.0 Å². The second-order valence-electron chi connectivity index (χ2n) is 3.47. The summed E-state index contributed by atoms with van der Waals surface area (Å²) in [4.78, 5) is 2.36. The zero-order chi connectivity index (χ0) is 9.40. The summed E-state index contributed by atoms with van der Waals surface area (Å²) in [6, 6.07) is 0. The number of hydrogen-bond donors (Lipinski definition) is 0. The van der Waals surface area contributed by atoms with Crippen LogP contribution in [0.3, 0.4) is 0 Å². The third-order valence-corrected chi connectivity index (χ3v) is 2.08. The number of rotatable bonds is 0. The predicted molar refractivity (Wildman–Crippen MR) is 56.2 cm³/mol. The monoisotopic (exact) mass is 193 g/mol. The first kappa shape index (κ1) is 16.4. The molecule has 0 unspecified atom stereocenters. The van der Waals surface area contributed by atoms with Gasteiger partial charge in [-0.2, -0.15) is 6.92 Å². The fourth-order valence-corrected chi connectivity index (χ4v) is 1.00. The molecular weight excluding hydrogens is 169 g/mol. The molecule has 0 spiro atoms. The van der Waals surface area contributed by atoms with Crippen molar-refractivity contribution in [1.29, 1.82) is 0 Å². The zero-order valence-corrected chi connectivity index (χ0v) is 12.2. The normalized spacial score (nSPS) is 20.3. The maximum absolute atomic E-state index is 2.36. The molecule has 1 aliphatic heterocycles. The van der Waals surface area contributed by atoms with Crippen LogP contribution in [0.1, 0.15) is 46.5 Å². The average Bonchev–Trinajstić information content (AvgIpc) is 2.71. The van der Waals surface area contributed by atoms with E-state index in [9.17, 15) is 0 Å². The largest absolute Gasteiger partial charge is 1.00 e. The first-order valence-corrected chi connectivity index (χ1v) is 5.29. The topological polar surface area (TPSA) is 3.24 Å². The Bertz CT molecular complexity index is 86.1. The number of hydrogen-bond acceptors (Lipinski definition) is 1. The minimum Gasteiger partial charge on any atom is -0.321 e. The van der Waals surface area contributed by atoms with E-state index in [0.29, 0.717) is 0 Å². The van der Waals surface area contributed by atoms with Crippen molar-refractivity contribution < 1.29 is 29.6 Å². The third kappa shape index (κ3) is 13.0. The van der Waals surface area contributed by atoms with E-state index in [4.69, 9.17) is 0 Å². The van der Waals surface area contributed by atoms with E-state index in [2.05, 4.69) is 18.9 Å². The molecule has 74 valence electrons. The molecule has 0 aromatic rings. The fourth-order valence-electron chi connectivity index (χ4n) is 1.00. The Hall–Kier alpha value is 0.960. The van der Waals surface area contributed by atoms with Gasteiger partial charge in [0.2, 0.25) is 0 Å². The minimum absolute atomic E-state index is 0. The molecule has 0 atom stereocenters. The molecule has 2 fully saturated rings. The van der Waals surface area contributed by atoms with Gasteiger partial charge in [0.25, 0.3) is 0 Å². The van der Waals surface area contributed by atoms with E-state index >= 15 is 0 Å². The molecule has 2 rings (SSSR count). The van der Waals surface area contributed by atoms with Crippen LogP contribution in [0.2, 0.25) is 0 Å². The molecule has 1 saturated heterocycles. The van der Waals surface area contributed by atoms with Crippen LogP contribution in [0.4, 0.5) is 0 Å². The summed E-state index contributed by atoms with van der Waals surface area (Å²) in [5.41, 5.74) is 0. The van der Waals surface area contributed by atoms with Crippen LogP contribution >= 0.6 is 0 Å². The quantitative estimate of drug-likeness (QED) is 0.390. The molecule has 2 aliphatic rings. The van der Waals surface area contributed by atoms with Crippen molar-refractivity contribution in [3.8, 4) is 0 Å². The molecule has 0 amide bonds. The Kier molecular flexibility index (Phi) is 13.9. The standard InChI is InChI=1S/C5H11N.C4H7.C2H6.Na/c1-6-4-2-3-5-6;1-4-2-3-4;1-2;/h2-5H2,1H3;2-3H2,1H3;1-2H3;/q;-1;;+1. The summed E-state index contributed by atoms with van der Waals surface area (Å²) in [5, 5.41) is 0. The van der Waals surface area contributed by atoms with Crippen molar-refractivity contribution >= 4 is 0 Å². The van der Waals surface area contributed by atoms with Crippen molar-refractivity contribution in [3.63, 3.8) is 0 Å². The summed E-state index contributed by atoms with van der Waals surface area (Å²) in [7, 11) is 2.17. The molecule has 0 radical (unpaired) electrons. The second kappa shape index (κ2) is 11.0. The summed E-state index contributed by atoms with van der Waals surface area (Å²) < 4.78 is 0. The van der Waals surface area contributed by atoms with Gasteiger partial charge in [0.05, 0.1) is 0 Å². The van der Waals surface area contributed by atoms with E-state index in [1.807, 2.05) is 13.8 Å². The number of nitrogens with zero attached hydrogens (tertiary/aromatic N) is 1.